The predicted octanol–water partition coefficient (Wildman–Crippen LogP) is 2.60. The van der Waals surface area contributed by atoms with Crippen molar-refractivity contribution < 1.29 is 38.6 Å². The van der Waals surface area contributed by atoms with Crippen LogP contribution in [0.25, 0.3) is 0 Å². The lowest BCUT2D eigenvalue weighted by Crippen LogP contribution is -2.60. The molecule has 0 bridgehead atoms. The number of carbonyl (C=O) groups is 5. The lowest BCUT2D eigenvalue weighted by atomic mass is 9.87. The first-order valence-electron chi connectivity index (χ1n) is 17.7. The highest BCUT2D eigenvalue weighted by Gasteiger charge is 2.43. The van der Waals surface area contributed by atoms with Crippen LogP contribution in [0.2, 0.25) is 0 Å². The van der Waals surface area contributed by atoms with Gasteiger partial charge in [-0.25, -0.2) is 4.79 Å². The first-order chi connectivity index (χ1) is 23.4. The number of ether oxygens (including phenoxy) is 2. The zero-order chi connectivity index (χ0) is 37.9. The Balaban J connectivity index is 2.27. The van der Waals surface area contributed by atoms with E-state index in [-0.39, 0.29) is 36.6 Å². The van der Waals surface area contributed by atoms with E-state index < -0.39 is 65.5 Å². The van der Waals surface area contributed by atoms with E-state index in [0.29, 0.717) is 19.4 Å². The smallest absolute Gasteiger partial charge is 0.326 e. The maximum atomic E-state index is 14.1. The number of nitrogens with zero attached hydrogens (tertiary/aromatic N) is 2. The summed E-state index contributed by atoms with van der Waals surface area (Å²) >= 11 is 0. The van der Waals surface area contributed by atoms with E-state index in [9.17, 15) is 29.1 Å². The number of likely N-dealkylation sites (N-methyl/N-ethyl adjacent to an activating group) is 1. The molecule has 0 aromatic heterocycles. The Hall–Kier alpha value is -3.39. The Morgan fingerprint density at radius 1 is 1.04 bits per heavy atom. The van der Waals surface area contributed by atoms with Gasteiger partial charge in [-0.1, -0.05) is 71.4 Å². The third kappa shape index (κ3) is 11.3. The molecule has 0 aliphatic carbocycles. The molecule has 13 nitrogen and oxygen atoms in total. The molecule has 282 valence electrons. The van der Waals surface area contributed by atoms with Crippen molar-refractivity contribution in [2.75, 3.05) is 27.8 Å². The predicted molar refractivity (Wildman–Crippen MR) is 191 cm³/mol. The second kappa shape index (κ2) is 19.3. The molecule has 0 unspecified atom stereocenters. The summed E-state index contributed by atoms with van der Waals surface area (Å²) in [5, 5.41) is 15.0. The molecule has 0 spiro atoms. The van der Waals surface area contributed by atoms with Crippen molar-refractivity contribution in [3.63, 3.8) is 0 Å². The fourth-order valence-electron chi connectivity index (χ4n) is 7.04. The first kappa shape index (κ1) is 42.8. The van der Waals surface area contributed by atoms with Gasteiger partial charge in [0, 0.05) is 33.2 Å². The van der Waals surface area contributed by atoms with Gasteiger partial charge < -0.3 is 30.5 Å². The van der Waals surface area contributed by atoms with E-state index in [1.165, 1.54) is 21.0 Å². The maximum Gasteiger partial charge on any atom is 0.326 e. The van der Waals surface area contributed by atoms with E-state index in [4.69, 9.17) is 15.2 Å². The van der Waals surface area contributed by atoms with Crippen LogP contribution in [0.3, 0.4) is 0 Å². The van der Waals surface area contributed by atoms with E-state index in [2.05, 4.69) is 10.6 Å². The van der Waals surface area contributed by atoms with Crippen molar-refractivity contribution in [3.8, 4) is 0 Å². The van der Waals surface area contributed by atoms with Crippen molar-refractivity contribution in [1.29, 1.82) is 0 Å². The Labute approximate surface area is 298 Å². The van der Waals surface area contributed by atoms with Crippen molar-refractivity contribution in [2.45, 2.75) is 122 Å². The molecule has 0 radical (unpaired) electrons. The molecule has 5 N–H and O–H groups in total. The highest BCUT2D eigenvalue weighted by Crippen LogP contribution is 2.30. The Morgan fingerprint density at radius 2 is 1.66 bits per heavy atom. The molecule has 1 aromatic carbocycles. The van der Waals surface area contributed by atoms with Crippen molar-refractivity contribution in [2.24, 2.45) is 23.5 Å². The molecule has 2 rings (SSSR count). The van der Waals surface area contributed by atoms with Gasteiger partial charge in [0.15, 0.2) is 0 Å². The molecule has 1 saturated heterocycles. The molecule has 1 aliphatic rings. The lowest BCUT2D eigenvalue weighted by Gasteiger charge is -2.43. The van der Waals surface area contributed by atoms with Crippen LogP contribution in [0.5, 0.6) is 0 Å². The van der Waals surface area contributed by atoms with Gasteiger partial charge in [-0.15, -0.1) is 0 Å². The third-order valence-corrected chi connectivity index (χ3v) is 9.99. The summed E-state index contributed by atoms with van der Waals surface area (Å²) in [6.07, 6.45) is 0.936. The summed E-state index contributed by atoms with van der Waals surface area (Å²) in [6.45, 7) is 13.1. The average Bonchev–Trinajstić information content (AvgIpc) is 3.53. The normalized spacial score (nSPS) is 19.3. The lowest BCUT2D eigenvalue weighted by molar-refractivity contribution is -0.146. The number of benzene rings is 1. The van der Waals surface area contributed by atoms with Crippen molar-refractivity contribution >= 4 is 29.6 Å². The van der Waals surface area contributed by atoms with Crippen LogP contribution < -0.4 is 16.4 Å². The SMILES string of the molecule is CC[C@H](C)[C@@H]([C@@H](CC(=O)N1CCC[C@H]1[C@H](OC)[C@@H](C)C(=O)N[C@@H](Cc1ccccc1)C(=O)O)OC)N(C)[C@H](C(=O)NC(=O)C(C)(C)N)C(C)C. The average molecular weight is 704 g/mol. The highest BCUT2D eigenvalue weighted by atomic mass is 16.5. The Kier molecular flexibility index (Phi) is 16.5. The number of nitrogens with two attached hydrogens (primary N) is 1. The van der Waals surface area contributed by atoms with Gasteiger partial charge in [0.05, 0.1) is 42.2 Å². The standard InChI is InChI=1S/C37H61N5O8/c1-11-23(4)31(41(8)30(22(2)3)34(45)40-36(48)37(6,7)38)28(49-9)21-29(43)42-19-15-18-27(42)32(50-10)24(5)33(44)39-26(35(46)47)20-25-16-13-12-14-17-25/h12-14,16-17,22-24,26-28,30-32H,11,15,18-21,38H2,1-10H3,(H,39,44)(H,46,47)(H,40,45,48)/t23-,24+,26-,27-,28+,30-,31-,32+/m0/s1. The number of rotatable bonds is 19. The van der Waals surface area contributed by atoms with E-state index in [1.807, 2.05) is 70.0 Å². The number of methoxy groups -OCH3 is 2. The van der Waals surface area contributed by atoms with Gasteiger partial charge >= 0.3 is 5.97 Å². The van der Waals surface area contributed by atoms with Crippen LogP contribution in [-0.4, -0.2) is 114 Å². The number of hydrogen-bond donors (Lipinski definition) is 4. The molecule has 1 heterocycles. The quantitative estimate of drug-likeness (QED) is 0.167. The fourth-order valence-corrected chi connectivity index (χ4v) is 7.04. The number of carbonyl (C=O) groups excluding carboxylic acids is 4. The largest absolute Gasteiger partial charge is 0.480 e. The Bertz CT molecular complexity index is 1290. The van der Waals surface area contributed by atoms with Crippen molar-refractivity contribution in [3.05, 3.63) is 35.9 Å². The first-order valence-corrected chi connectivity index (χ1v) is 17.7. The fraction of sp³-hybridized carbons (Fsp3) is 0.703. The topological polar surface area (TPSA) is 181 Å². The van der Waals surface area contributed by atoms with Gasteiger partial charge in [0.1, 0.15) is 6.04 Å². The summed E-state index contributed by atoms with van der Waals surface area (Å²) in [7, 11) is 4.86. The van der Waals surface area contributed by atoms with E-state index >= 15 is 0 Å². The van der Waals surface area contributed by atoms with Crippen LogP contribution in [0.4, 0.5) is 0 Å². The summed E-state index contributed by atoms with van der Waals surface area (Å²) in [4.78, 5) is 69.3. The molecular weight excluding hydrogens is 642 g/mol. The van der Waals surface area contributed by atoms with Crippen LogP contribution in [0, 0.1) is 17.8 Å². The molecule has 50 heavy (non-hydrogen) atoms. The van der Waals surface area contributed by atoms with Gasteiger partial charge in [-0.05, 0) is 51.1 Å². The summed E-state index contributed by atoms with van der Waals surface area (Å²) in [6, 6.07) is 6.47. The molecule has 1 aliphatic heterocycles. The third-order valence-electron chi connectivity index (χ3n) is 9.99. The number of carboxylic acids is 1. The van der Waals surface area contributed by atoms with Crippen LogP contribution >= 0.6 is 0 Å². The van der Waals surface area contributed by atoms with Gasteiger partial charge in [-0.2, -0.15) is 0 Å². The van der Waals surface area contributed by atoms with E-state index in [1.54, 1.807) is 18.9 Å². The van der Waals surface area contributed by atoms with Crippen molar-refractivity contribution in [1.82, 2.24) is 20.4 Å². The number of likely N-dealkylation sites (tertiary alicyclic amines) is 1. The summed E-state index contributed by atoms with van der Waals surface area (Å²) in [5.41, 5.74) is 5.48. The molecule has 1 fully saturated rings. The monoisotopic (exact) mass is 703 g/mol. The number of hydrogen-bond acceptors (Lipinski definition) is 9. The minimum atomic E-state index is -1.24. The van der Waals surface area contributed by atoms with E-state index in [0.717, 1.165) is 12.0 Å². The minimum Gasteiger partial charge on any atom is -0.480 e. The minimum absolute atomic E-state index is 0.0105. The van der Waals surface area contributed by atoms with Crippen LogP contribution in [-0.2, 0) is 39.9 Å². The van der Waals surface area contributed by atoms with Gasteiger partial charge in [0.2, 0.25) is 23.6 Å². The second-order valence-electron chi connectivity index (χ2n) is 14.6. The number of amides is 4. The number of imide groups is 1. The van der Waals surface area contributed by atoms with Crippen LogP contribution in [0.1, 0.15) is 79.7 Å². The maximum absolute atomic E-state index is 14.1. The summed E-state index contributed by atoms with van der Waals surface area (Å²) < 4.78 is 11.8. The zero-order valence-corrected chi connectivity index (χ0v) is 31.6. The number of carboxylic acid groups (broad SMARTS) is 1. The second-order valence-corrected chi connectivity index (χ2v) is 14.6. The van der Waals surface area contributed by atoms with Gasteiger partial charge in [-0.3, -0.25) is 29.4 Å². The highest BCUT2D eigenvalue weighted by molar-refractivity contribution is 6.01. The molecular formula is C37H61N5O8. The number of aliphatic carboxylic acids is 1. The molecule has 4 amide bonds. The summed E-state index contributed by atoms with van der Waals surface area (Å²) in [5.74, 6) is -3.75. The molecule has 13 heteroatoms. The molecule has 1 aromatic rings. The Morgan fingerprint density at radius 3 is 2.16 bits per heavy atom. The molecule has 8 atom stereocenters. The number of nitrogens with one attached hydrogen (secondary N) is 2. The van der Waals surface area contributed by atoms with Crippen LogP contribution in [0.15, 0.2) is 30.3 Å². The zero-order valence-electron chi connectivity index (χ0n) is 31.6. The molecule has 0 saturated carbocycles. The van der Waals surface area contributed by atoms with Gasteiger partial charge in [0.25, 0.3) is 0 Å².